The summed E-state index contributed by atoms with van der Waals surface area (Å²) in [6, 6.07) is 0. The van der Waals surface area contributed by atoms with Gasteiger partial charge in [0.05, 0.1) is 24.4 Å². The largest absolute Gasteiger partial charge is 0.480 e. The monoisotopic (exact) mass is 313 g/mol. The van der Waals surface area contributed by atoms with E-state index in [1.165, 1.54) is 5.57 Å². The van der Waals surface area contributed by atoms with Crippen molar-refractivity contribution in [1.29, 1.82) is 0 Å². The molecule has 0 radical (unpaired) electrons. The average Bonchev–Trinajstić information content (AvgIpc) is 2.41. The van der Waals surface area contributed by atoms with Crippen molar-refractivity contribution in [3.63, 3.8) is 0 Å². The highest BCUT2D eigenvalue weighted by Crippen LogP contribution is 2.24. The van der Waals surface area contributed by atoms with Crippen LogP contribution in [0.1, 0.15) is 6.42 Å². The van der Waals surface area contributed by atoms with Gasteiger partial charge in [-0.2, -0.15) is 4.98 Å². The number of methoxy groups -OCH3 is 2. The van der Waals surface area contributed by atoms with E-state index >= 15 is 0 Å². The number of hydrogen-bond donors (Lipinski definition) is 0. The van der Waals surface area contributed by atoms with Gasteiger partial charge in [-0.3, -0.25) is 0 Å². The zero-order valence-corrected chi connectivity index (χ0v) is 12.1. The number of ether oxygens (including phenoxy) is 2. The van der Waals surface area contributed by atoms with Gasteiger partial charge in [0.2, 0.25) is 11.8 Å². The van der Waals surface area contributed by atoms with Gasteiger partial charge >= 0.3 is 0 Å². The zero-order chi connectivity index (χ0) is 13.0. The molecule has 0 saturated heterocycles. The molecule has 1 aromatic rings. The Morgan fingerprint density at radius 2 is 2.28 bits per heavy atom. The molecular formula is C12H16BrN3O2. The molecule has 1 aliphatic rings. The third-order valence-corrected chi connectivity index (χ3v) is 3.35. The lowest BCUT2D eigenvalue weighted by atomic mass is 10.1. The molecular weight excluding hydrogens is 298 g/mol. The summed E-state index contributed by atoms with van der Waals surface area (Å²) < 4.78 is 11.1. The maximum Gasteiger partial charge on any atom is 0.232 e. The summed E-state index contributed by atoms with van der Waals surface area (Å²) >= 11 is 3.35. The quantitative estimate of drug-likeness (QED) is 0.796. The fourth-order valence-electron chi connectivity index (χ4n) is 1.85. The second kappa shape index (κ2) is 6.15. The van der Waals surface area contributed by atoms with Crippen molar-refractivity contribution in [2.24, 2.45) is 0 Å². The highest BCUT2D eigenvalue weighted by atomic mass is 79.9. The molecule has 0 amide bonds. The van der Waals surface area contributed by atoms with Gasteiger partial charge < -0.3 is 14.4 Å². The van der Waals surface area contributed by atoms with Crippen molar-refractivity contribution >= 4 is 21.9 Å². The molecule has 0 aromatic carbocycles. The Labute approximate surface area is 115 Å². The van der Waals surface area contributed by atoms with Crippen molar-refractivity contribution in [3.05, 3.63) is 22.3 Å². The van der Waals surface area contributed by atoms with Crippen LogP contribution < -0.4 is 9.64 Å². The molecule has 6 heteroatoms. The second-order valence-corrected chi connectivity index (χ2v) is 4.87. The maximum atomic E-state index is 5.18. The van der Waals surface area contributed by atoms with E-state index < -0.39 is 0 Å². The van der Waals surface area contributed by atoms with Gasteiger partial charge in [-0.05, 0) is 27.9 Å². The smallest absolute Gasteiger partial charge is 0.232 e. The lowest BCUT2D eigenvalue weighted by Crippen LogP contribution is -2.30. The van der Waals surface area contributed by atoms with E-state index in [-0.39, 0.29) is 0 Å². The highest BCUT2D eigenvalue weighted by molar-refractivity contribution is 9.10. The predicted molar refractivity (Wildman–Crippen MR) is 73.1 cm³/mol. The minimum absolute atomic E-state index is 0.562. The van der Waals surface area contributed by atoms with Crippen molar-refractivity contribution in [1.82, 2.24) is 9.97 Å². The van der Waals surface area contributed by atoms with Crippen molar-refractivity contribution in [2.75, 3.05) is 38.8 Å². The molecule has 2 heterocycles. The zero-order valence-electron chi connectivity index (χ0n) is 10.5. The Balaban J connectivity index is 2.10. The number of halogens is 1. The Kier molecular flexibility index (Phi) is 4.54. The van der Waals surface area contributed by atoms with Crippen LogP contribution in [-0.2, 0) is 4.74 Å². The van der Waals surface area contributed by atoms with Crippen LogP contribution in [0, 0.1) is 0 Å². The summed E-state index contributed by atoms with van der Waals surface area (Å²) in [6.45, 7) is 2.42. The van der Waals surface area contributed by atoms with Gasteiger partial charge in [0.15, 0.2) is 0 Å². The van der Waals surface area contributed by atoms with E-state index in [4.69, 9.17) is 9.47 Å². The lowest BCUT2D eigenvalue weighted by Gasteiger charge is -2.26. The molecule has 5 nitrogen and oxygen atoms in total. The highest BCUT2D eigenvalue weighted by Gasteiger charge is 2.16. The Morgan fingerprint density at radius 1 is 1.44 bits per heavy atom. The molecule has 98 valence electrons. The number of aromatic nitrogens is 2. The molecule has 0 bridgehead atoms. The van der Waals surface area contributed by atoms with Crippen molar-refractivity contribution in [2.45, 2.75) is 6.42 Å². The number of hydrogen-bond acceptors (Lipinski definition) is 5. The molecule has 0 unspecified atom stereocenters. The molecule has 0 aliphatic carbocycles. The molecule has 2 rings (SSSR count). The maximum absolute atomic E-state index is 5.18. The third-order valence-electron chi connectivity index (χ3n) is 2.81. The second-order valence-electron chi connectivity index (χ2n) is 4.02. The van der Waals surface area contributed by atoms with Gasteiger partial charge in [0.1, 0.15) is 0 Å². The lowest BCUT2D eigenvalue weighted by molar-refractivity contribution is 0.222. The van der Waals surface area contributed by atoms with E-state index in [2.05, 4.69) is 36.9 Å². The fourth-order valence-corrected chi connectivity index (χ4v) is 2.20. The molecule has 0 N–H and O–H groups in total. The Morgan fingerprint density at radius 3 is 2.89 bits per heavy atom. The summed E-state index contributed by atoms with van der Waals surface area (Å²) in [5.41, 5.74) is 1.33. The SMILES string of the molecule is COCC1=CCN(c2ncc(Br)c(OC)n2)CC1. The molecule has 1 aliphatic heterocycles. The van der Waals surface area contributed by atoms with E-state index in [1.54, 1.807) is 20.4 Å². The van der Waals surface area contributed by atoms with Crippen LogP contribution in [-0.4, -0.2) is 43.9 Å². The summed E-state index contributed by atoms with van der Waals surface area (Å²) in [5, 5.41) is 0. The normalized spacial score (nSPS) is 15.5. The third kappa shape index (κ3) is 3.00. The van der Waals surface area contributed by atoms with E-state index in [9.17, 15) is 0 Å². The molecule has 0 atom stereocenters. The molecule has 0 fully saturated rings. The number of rotatable bonds is 4. The predicted octanol–water partition coefficient (Wildman–Crippen LogP) is 2.03. The van der Waals surface area contributed by atoms with Crippen LogP contribution in [0.15, 0.2) is 22.3 Å². The van der Waals surface area contributed by atoms with Gasteiger partial charge in [-0.15, -0.1) is 0 Å². The first-order chi connectivity index (χ1) is 8.74. The Hall–Kier alpha value is -1.14. The average molecular weight is 314 g/mol. The molecule has 0 saturated carbocycles. The minimum atomic E-state index is 0.562. The standard InChI is InChI=1S/C12H16BrN3O2/c1-17-8-9-3-5-16(6-4-9)12-14-7-10(13)11(15-12)18-2/h3,7H,4-6,8H2,1-2H3. The fraction of sp³-hybridized carbons (Fsp3) is 0.500. The molecule has 1 aromatic heterocycles. The van der Waals surface area contributed by atoms with E-state index in [0.717, 1.165) is 24.0 Å². The summed E-state index contributed by atoms with van der Waals surface area (Å²) in [4.78, 5) is 10.8. The van der Waals surface area contributed by atoms with Gasteiger partial charge in [-0.25, -0.2) is 4.98 Å². The van der Waals surface area contributed by atoms with Crippen LogP contribution >= 0.6 is 15.9 Å². The summed E-state index contributed by atoms with van der Waals surface area (Å²) in [5.74, 6) is 1.26. The molecule has 18 heavy (non-hydrogen) atoms. The topological polar surface area (TPSA) is 47.5 Å². The molecule has 0 spiro atoms. The number of nitrogens with zero attached hydrogens (tertiary/aromatic N) is 3. The number of anilines is 1. The van der Waals surface area contributed by atoms with E-state index in [0.29, 0.717) is 18.4 Å². The van der Waals surface area contributed by atoms with Crippen LogP contribution in [0.4, 0.5) is 5.95 Å². The van der Waals surface area contributed by atoms with Crippen molar-refractivity contribution < 1.29 is 9.47 Å². The van der Waals surface area contributed by atoms with Crippen LogP contribution in [0.25, 0.3) is 0 Å². The van der Waals surface area contributed by atoms with Crippen LogP contribution in [0.3, 0.4) is 0 Å². The first-order valence-electron chi connectivity index (χ1n) is 5.73. The first kappa shape index (κ1) is 13.3. The van der Waals surface area contributed by atoms with Crippen molar-refractivity contribution in [3.8, 4) is 5.88 Å². The van der Waals surface area contributed by atoms with Gasteiger partial charge in [-0.1, -0.05) is 6.08 Å². The first-order valence-corrected chi connectivity index (χ1v) is 6.52. The van der Waals surface area contributed by atoms with Crippen LogP contribution in [0.2, 0.25) is 0 Å². The van der Waals surface area contributed by atoms with Gasteiger partial charge in [0.25, 0.3) is 0 Å². The van der Waals surface area contributed by atoms with Gasteiger partial charge in [0, 0.05) is 20.2 Å². The minimum Gasteiger partial charge on any atom is -0.480 e. The summed E-state index contributed by atoms with van der Waals surface area (Å²) in [6.07, 6.45) is 4.87. The summed E-state index contributed by atoms with van der Waals surface area (Å²) in [7, 11) is 3.32. The Bertz CT molecular complexity index is 451. The van der Waals surface area contributed by atoms with Crippen LogP contribution in [0.5, 0.6) is 5.88 Å². The van der Waals surface area contributed by atoms with E-state index in [1.807, 2.05) is 0 Å².